The molecule has 2 aromatic rings. The number of H-pyrrole nitrogens is 1. The Bertz CT molecular complexity index is 749. The van der Waals surface area contributed by atoms with E-state index in [0.717, 1.165) is 43.5 Å². The Hall–Kier alpha value is -1.95. The number of hydrogen-bond acceptors (Lipinski definition) is 4. The van der Waals surface area contributed by atoms with Crippen LogP contribution in [0, 0.1) is 11.4 Å². The summed E-state index contributed by atoms with van der Waals surface area (Å²) in [7, 11) is 0. The summed E-state index contributed by atoms with van der Waals surface area (Å²) in [6.07, 6.45) is 3.98. The molecule has 5 nitrogen and oxygen atoms in total. The Kier molecular flexibility index (Phi) is 3.79. The molecule has 0 aromatic carbocycles. The Balaban J connectivity index is 1.65. The minimum absolute atomic E-state index is 0.195. The van der Waals surface area contributed by atoms with Crippen molar-refractivity contribution >= 4 is 5.82 Å². The van der Waals surface area contributed by atoms with Crippen LogP contribution in [0.5, 0.6) is 0 Å². The van der Waals surface area contributed by atoms with Gasteiger partial charge in [0.1, 0.15) is 5.82 Å². The molecular weight excluding hydrogens is 307 g/mol. The fourth-order valence-electron chi connectivity index (χ4n) is 3.65. The summed E-state index contributed by atoms with van der Waals surface area (Å²) in [4.78, 5) is 3.97. The largest absolute Gasteiger partial charge is 0.379 e. The summed E-state index contributed by atoms with van der Waals surface area (Å²) < 4.78 is 19.4. The number of ether oxygens (including phenoxy) is 1. The van der Waals surface area contributed by atoms with Gasteiger partial charge in [-0.05, 0) is 37.2 Å². The monoisotopic (exact) mass is 330 g/mol. The van der Waals surface area contributed by atoms with Crippen LogP contribution >= 0.6 is 0 Å². The standard InChI is InChI=1S/C18H23FN4O/c1-18(2)5-3-13-14(9-18)22-23-17(13)11-7-15(19)21-16(8-11)20-12-4-6-24-10-12/h7-8,12H,3-6,9-10H2,1-2H3,(H,20,21)(H,22,23). The van der Waals surface area contributed by atoms with Crippen LogP contribution in [0.4, 0.5) is 10.2 Å². The van der Waals surface area contributed by atoms with E-state index in [1.807, 2.05) is 6.07 Å². The molecule has 0 bridgehead atoms. The van der Waals surface area contributed by atoms with Gasteiger partial charge in [-0.3, -0.25) is 5.10 Å². The second-order valence-corrected chi connectivity index (χ2v) is 7.64. The van der Waals surface area contributed by atoms with Crippen molar-refractivity contribution in [3.63, 3.8) is 0 Å². The molecule has 0 amide bonds. The maximum Gasteiger partial charge on any atom is 0.215 e. The van der Waals surface area contributed by atoms with E-state index in [1.165, 1.54) is 17.3 Å². The number of nitrogens with zero attached hydrogens (tertiary/aromatic N) is 2. The van der Waals surface area contributed by atoms with Crippen LogP contribution in [0.15, 0.2) is 12.1 Å². The molecule has 2 aliphatic rings. The molecule has 0 spiro atoms. The molecule has 1 aliphatic heterocycles. The van der Waals surface area contributed by atoms with Crippen molar-refractivity contribution in [3.8, 4) is 11.3 Å². The van der Waals surface area contributed by atoms with Crippen molar-refractivity contribution in [1.82, 2.24) is 15.2 Å². The van der Waals surface area contributed by atoms with E-state index < -0.39 is 5.95 Å². The lowest BCUT2D eigenvalue weighted by molar-refractivity contribution is 0.195. The third kappa shape index (κ3) is 3.02. The molecule has 6 heteroatoms. The van der Waals surface area contributed by atoms with Crippen molar-refractivity contribution < 1.29 is 9.13 Å². The van der Waals surface area contributed by atoms with E-state index in [2.05, 4.69) is 34.3 Å². The molecule has 0 saturated carbocycles. The first-order valence-electron chi connectivity index (χ1n) is 8.58. The number of rotatable bonds is 3. The van der Waals surface area contributed by atoms with Gasteiger partial charge in [-0.25, -0.2) is 4.98 Å². The summed E-state index contributed by atoms with van der Waals surface area (Å²) in [5.41, 5.74) is 4.32. The van der Waals surface area contributed by atoms with Crippen LogP contribution in [0.1, 0.15) is 37.9 Å². The van der Waals surface area contributed by atoms with Gasteiger partial charge in [-0.2, -0.15) is 9.49 Å². The highest BCUT2D eigenvalue weighted by Crippen LogP contribution is 2.38. The van der Waals surface area contributed by atoms with E-state index in [1.54, 1.807) is 0 Å². The van der Waals surface area contributed by atoms with Gasteiger partial charge in [-0.1, -0.05) is 13.8 Å². The van der Waals surface area contributed by atoms with E-state index in [4.69, 9.17) is 4.74 Å². The fourth-order valence-corrected chi connectivity index (χ4v) is 3.65. The zero-order valence-electron chi connectivity index (χ0n) is 14.2. The van der Waals surface area contributed by atoms with Crippen LogP contribution in [0.3, 0.4) is 0 Å². The van der Waals surface area contributed by atoms with Crippen LogP contribution in [0.2, 0.25) is 0 Å². The highest BCUT2D eigenvalue weighted by molar-refractivity contribution is 5.67. The number of nitrogens with one attached hydrogen (secondary N) is 2. The molecule has 1 fully saturated rings. The SMILES string of the molecule is CC1(C)CCc2c(-c3cc(F)nc(NC4CCOC4)c3)n[nH]c2C1. The molecule has 0 radical (unpaired) electrons. The maximum atomic E-state index is 14.0. The zero-order chi connectivity index (χ0) is 16.7. The first kappa shape index (κ1) is 15.6. The average Bonchev–Trinajstić information content (AvgIpc) is 3.14. The minimum Gasteiger partial charge on any atom is -0.379 e. The molecule has 1 aliphatic carbocycles. The van der Waals surface area contributed by atoms with Crippen molar-refractivity contribution in [2.45, 2.75) is 45.6 Å². The molecule has 1 unspecified atom stereocenters. The van der Waals surface area contributed by atoms with Crippen molar-refractivity contribution in [1.29, 1.82) is 0 Å². The van der Waals surface area contributed by atoms with Gasteiger partial charge in [0, 0.05) is 29.5 Å². The summed E-state index contributed by atoms with van der Waals surface area (Å²) in [6, 6.07) is 3.55. The maximum absolute atomic E-state index is 14.0. The molecule has 24 heavy (non-hydrogen) atoms. The summed E-state index contributed by atoms with van der Waals surface area (Å²) in [5, 5.41) is 10.9. The molecule has 2 N–H and O–H groups in total. The Morgan fingerprint density at radius 1 is 1.38 bits per heavy atom. The van der Waals surface area contributed by atoms with E-state index in [9.17, 15) is 4.39 Å². The lowest BCUT2D eigenvalue weighted by Gasteiger charge is -2.29. The molecule has 4 rings (SSSR count). The number of anilines is 1. The van der Waals surface area contributed by atoms with Crippen LogP contribution in [-0.2, 0) is 17.6 Å². The van der Waals surface area contributed by atoms with Gasteiger partial charge in [0.15, 0.2) is 0 Å². The van der Waals surface area contributed by atoms with Gasteiger partial charge < -0.3 is 10.1 Å². The lowest BCUT2D eigenvalue weighted by atomic mass is 9.76. The second-order valence-electron chi connectivity index (χ2n) is 7.64. The number of pyridine rings is 1. The Labute approximate surface area is 141 Å². The van der Waals surface area contributed by atoms with Gasteiger partial charge in [0.2, 0.25) is 5.95 Å². The average molecular weight is 330 g/mol. The van der Waals surface area contributed by atoms with Gasteiger partial charge in [0.25, 0.3) is 0 Å². The third-order valence-corrected chi connectivity index (χ3v) is 5.01. The van der Waals surface area contributed by atoms with E-state index in [0.29, 0.717) is 12.4 Å². The second kappa shape index (κ2) is 5.84. The number of fused-ring (bicyclic) bond motifs is 1. The molecule has 2 aromatic heterocycles. The molecule has 1 atom stereocenters. The third-order valence-electron chi connectivity index (χ3n) is 5.01. The van der Waals surface area contributed by atoms with Gasteiger partial charge in [-0.15, -0.1) is 0 Å². The summed E-state index contributed by atoms with van der Waals surface area (Å²) in [6.45, 7) is 5.92. The summed E-state index contributed by atoms with van der Waals surface area (Å²) >= 11 is 0. The first-order chi connectivity index (χ1) is 11.5. The quantitative estimate of drug-likeness (QED) is 0.848. The Morgan fingerprint density at radius 3 is 3.04 bits per heavy atom. The number of halogens is 1. The molecule has 1 saturated heterocycles. The predicted molar refractivity (Wildman–Crippen MR) is 90.4 cm³/mol. The van der Waals surface area contributed by atoms with Crippen LogP contribution in [0.25, 0.3) is 11.3 Å². The Morgan fingerprint density at radius 2 is 2.25 bits per heavy atom. The first-order valence-corrected chi connectivity index (χ1v) is 8.58. The smallest absolute Gasteiger partial charge is 0.215 e. The van der Waals surface area contributed by atoms with Gasteiger partial charge in [0.05, 0.1) is 18.3 Å². The van der Waals surface area contributed by atoms with Crippen molar-refractivity contribution in [2.24, 2.45) is 5.41 Å². The van der Waals surface area contributed by atoms with Crippen LogP contribution < -0.4 is 5.32 Å². The number of aromatic nitrogens is 3. The number of hydrogen-bond donors (Lipinski definition) is 2. The topological polar surface area (TPSA) is 62.8 Å². The lowest BCUT2D eigenvalue weighted by Crippen LogP contribution is -2.22. The molecule has 128 valence electrons. The predicted octanol–water partition coefficient (Wildman–Crippen LogP) is 3.33. The van der Waals surface area contributed by atoms with Crippen molar-refractivity contribution in [3.05, 3.63) is 29.3 Å². The van der Waals surface area contributed by atoms with E-state index >= 15 is 0 Å². The highest BCUT2D eigenvalue weighted by atomic mass is 19.1. The van der Waals surface area contributed by atoms with Crippen molar-refractivity contribution in [2.75, 3.05) is 18.5 Å². The summed E-state index contributed by atoms with van der Waals surface area (Å²) in [5.74, 6) is 0.0650. The fraction of sp³-hybridized carbons (Fsp3) is 0.556. The molecule has 3 heterocycles. The normalized spacial score (nSPS) is 22.4. The minimum atomic E-state index is -0.484. The number of aromatic amines is 1. The van der Waals surface area contributed by atoms with Gasteiger partial charge >= 0.3 is 0 Å². The van der Waals surface area contributed by atoms with E-state index in [-0.39, 0.29) is 11.5 Å². The van der Waals surface area contributed by atoms with Crippen LogP contribution in [-0.4, -0.2) is 34.4 Å². The molecular formula is C18H23FN4O. The zero-order valence-corrected chi connectivity index (χ0v) is 14.2. The highest BCUT2D eigenvalue weighted by Gasteiger charge is 2.29.